The molecular weight excluding hydrogens is 351 g/mol. The highest BCUT2D eigenvalue weighted by Gasteiger charge is 2.39. The maximum absolute atomic E-state index is 12.6. The third kappa shape index (κ3) is 3.18. The molecule has 1 N–H and O–H groups in total. The van der Waals surface area contributed by atoms with Crippen molar-refractivity contribution in [2.24, 2.45) is 0 Å². The first-order valence-corrected chi connectivity index (χ1v) is 7.97. The van der Waals surface area contributed by atoms with Crippen molar-refractivity contribution in [1.29, 1.82) is 0 Å². The number of imide groups is 1. The van der Waals surface area contributed by atoms with Crippen molar-refractivity contribution in [3.05, 3.63) is 52.5 Å². The molecule has 2 amide bonds. The molecule has 24 heavy (non-hydrogen) atoms. The third-order valence-corrected chi connectivity index (χ3v) is 4.46. The van der Waals surface area contributed by atoms with Gasteiger partial charge in [-0.1, -0.05) is 29.3 Å². The summed E-state index contributed by atoms with van der Waals surface area (Å²) in [7, 11) is 1.53. The monoisotopic (exact) mass is 364 g/mol. The van der Waals surface area contributed by atoms with Gasteiger partial charge in [-0.05, 0) is 30.3 Å². The van der Waals surface area contributed by atoms with E-state index in [1.54, 1.807) is 42.5 Å². The van der Waals surface area contributed by atoms with E-state index in [9.17, 15) is 9.59 Å². The van der Waals surface area contributed by atoms with Crippen molar-refractivity contribution in [3.8, 4) is 5.75 Å². The number of nitrogens with one attached hydrogen (secondary N) is 1. The second-order valence-corrected chi connectivity index (χ2v) is 6.11. The number of ether oxygens (including phenoxy) is 1. The lowest BCUT2D eigenvalue weighted by molar-refractivity contribution is -0.121. The number of nitrogens with zero attached hydrogens (tertiary/aromatic N) is 1. The van der Waals surface area contributed by atoms with Crippen LogP contribution in [0.15, 0.2) is 42.5 Å². The lowest BCUT2D eigenvalue weighted by Gasteiger charge is -2.17. The zero-order valence-corrected chi connectivity index (χ0v) is 14.3. The molecule has 7 heteroatoms. The summed E-state index contributed by atoms with van der Waals surface area (Å²) in [6, 6.07) is 11.1. The van der Waals surface area contributed by atoms with Crippen molar-refractivity contribution in [2.45, 2.75) is 12.5 Å². The number of benzene rings is 2. The van der Waals surface area contributed by atoms with Gasteiger partial charge in [-0.25, -0.2) is 4.90 Å². The molecule has 0 radical (unpaired) electrons. The summed E-state index contributed by atoms with van der Waals surface area (Å²) in [6.45, 7) is 0. The molecule has 1 fully saturated rings. The Morgan fingerprint density at radius 1 is 1.12 bits per heavy atom. The number of amides is 2. The molecule has 0 unspecified atom stereocenters. The molecule has 0 aromatic heterocycles. The summed E-state index contributed by atoms with van der Waals surface area (Å²) < 4.78 is 5.14. The van der Waals surface area contributed by atoms with Gasteiger partial charge in [0.15, 0.2) is 0 Å². The average molecular weight is 365 g/mol. The molecule has 0 bridgehead atoms. The van der Waals surface area contributed by atoms with Crippen LogP contribution >= 0.6 is 23.2 Å². The fourth-order valence-electron chi connectivity index (χ4n) is 2.55. The van der Waals surface area contributed by atoms with E-state index in [-0.39, 0.29) is 18.2 Å². The summed E-state index contributed by atoms with van der Waals surface area (Å²) in [5, 5.41) is 3.83. The molecule has 0 spiro atoms. The van der Waals surface area contributed by atoms with Crippen molar-refractivity contribution < 1.29 is 14.3 Å². The molecule has 0 aliphatic carbocycles. The van der Waals surface area contributed by atoms with Gasteiger partial charge in [0, 0.05) is 11.8 Å². The van der Waals surface area contributed by atoms with E-state index >= 15 is 0 Å². The number of methoxy groups -OCH3 is 1. The predicted molar refractivity (Wildman–Crippen MR) is 94.0 cm³/mol. The molecule has 124 valence electrons. The highest BCUT2D eigenvalue weighted by Crippen LogP contribution is 2.29. The van der Waals surface area contributed by atoms with E-state index in [1.807, 2.05) is 0 Å². The number of hydrogen-bond acceptors (Lipinski definition) is 4. The second kappa shape index (κ2) is 6.71. The Bertz CT molecular complexity index is 810. The van der Waals surface area contributed by atoms with Crippen LogP contribution in [0.4, 0.5) is 11.4 Å². The summed E-state index contributed by atoms with van der Waals surface area (Å²) in [5.41, 5.74) is 1.12. The van der Waals surface area contributed by atoms with Crippen LogP contribution in [0.25, 0.3) is 0 Å². The number of anilines is 2. The van der Waals surface area contributed by atoms with E-state index in [4.69, 9.17) is 27.9 Å². The Balaban J connectivity index is 1.82. The van der Waals surface area contributed by atoms with Crippen LogP contribution in [0.3, 0.4) is 0 Å². The summed E-state index contributed by atoms with van der Waals surface area (Å²) in [5.74, 6) is -0.0147. The van der Waals surface area contributed by atoms with E-state index in [0.717, 1.165) is 4.90 Å². The number of carbonyl (C=O) groups is 2. The van der Waals surface area contributed by atoms with Crippen LogP contribution in [0.1, 0.15) is 6.42 Å². The normalized spacial score (nSPS) is 17.3. The first kappa shape index (κ1) is 16.6. The maximum atomic E-state index is 12.6. The van der Waals surface area contributed by atoms with E-state index in [0.29, 0.717) is 27.2 Å². The number of rotatable bonds is 4. The molecule has 2 aromatic rings. The zero-order valence-electron chi connectivity index (χ0n) is 12.8. The Labute approximate surface area is 149 Å². The molecule has 5 nitrogen and oxygen atoms in total. The van der Waals surface area contributed by atoms with Gasteiger partial charge < -0.3 is 10.1 Å². The first-order chi connectivity index (χ1) is 11.5. The summed E-state index contributed by atoms with van der Waals surface area (Å²) in [4.78, 5) is 26.1. The molecule has 1 saturated heterocycles. The van der Waals surface area contributed by atoms with Gasteiger partial charge >= 0.3 is 0 Å². The molecule has 0 saturated carbocycles. The van der Waals surface area contributed by atoms with Crippen molar-refractivity contribution in [1.82, 2.24) is 0 Å². The maximum Gasteiger partial charge on any atom is 0.256 e. The zero-order chi connectivity index (χ0) is 17.3. The van der Waals surface area contributed by atoms with Gasteiger partial charge in [0.1, 0.15) is 11.8 Å². The Hall–Kier alpha value is -2.24. The second-order valence-electron chi connectivity index (χ2n) is 5.30. The summed E-state index contributed by atoms with van der Waals surface area (Å²) in [6.07, 6.45) is 0.0658. The van der Waals surface area contributed by atoms with Crippen molar-refractivity contribution in [3.63, 3.8) is 0 Å². The standard InChI is InChI=1S/C17H14Cl2N2O3/c1-24-12-4-2-3-11(8-12)21-16(22)9-15(17(21)23)20-10-5-6-13(18)14(19)7-10/h2-8,15,20H,9H2,1H3/t15-/m1/s1. The van der Waals surface area contributed by atoms with Gasteiger partial charge in [0.25, 0.3) is 5.91 Å². The molecule has 1 aliphatic heterocycles. The molecule has 1 aliphatic rings. The first-order valence-electron chi connectivity index (χ1n) is 7.22. The minimum absolute atomic E-state index is 0.0658. The summed E-state index contributed by atoms with van der Waals surface area (Å²) >= 11 is 11.9. The highest BCUT2D eigenvalue weighted by molar-refractivity contribution is 6.42. The Morgan fingerprint density at radius 2 is 1.92 bits per heavy atom. The average Bonchev–Trinajstić information content (AvgIpc) is 2.85. The van der Waals surface area contributed by atoms with Crippen molar-refractivity contribution >= 4 is 46.4 Å². The van der Waals surface area contributed by atoms with Gasteiger partial charge in [-0.15, -0.1) is 0 Å². The number of hydrogen-bond donors (Lipinski definition) is 1. The quantitative estimate of drug-likeness (QED) is 0.839. The minimum Gasteiger partial charge on any atom is -0.497 e. The lowest BCUT2D eigenvalue weighted by Crippen LogP contribution is -2.34. The molecule has 1 heterocycles. The van der Waals surface area contributed by atoms with Gasteiger partial charge in [0.2, 0.25) is 5.91 Å². The smallest absolute Gasteiger partial charge is 0.256 e. The van der Waals surface area contributed by atoms with Gasteiger partial charge in [0.05, 0.1) is 29.3 Å². The van der Waals surface area contributed by atoms with Crippen LogP contribution in [-0.2, 0) is 9.59 Å². The van der Waals surface area contributed by atoms with Crippen molar-refractivity contribution in [2.75, 3.05) is 17.3 Å². The molecule has 3 rings (SSSR count). The fourth-order valence-corrected chi connectivity index (χ4v) is 2.85. The van der Waals surface area contributed by atoms with Gasteiger partial charge in [-0.2, -0.15) is 0 Å². The predicted octanol–water partition coefficient (Wildman–Crippen LogP) is 3.75. The number of carbonyl (C=O) groups excluding carboxylic acids is 2. The van der Waals surface area contributed by atoms with Crippen LogP contribution in [0.5, 0.6) is 5.75 Å². The number of halogens is 2. The fraction of sp³-hybridized carbons (Fsp3) is 0.176. The van der Waals surface area contributed by atoms with Crippen LogP contribution in [0.2, 0.25) is 10.0 Å². The Kier molecular flexibility index (Phi) is 4.64. The topological polar surface area (TPSA) is 58.6 Å². The third-order valence-electron chi connectivity index (χ3n) is 3.72. The molecule has 2 aromatic carbocycles. The lowest BCUT2D eigenvalue weighted by atomic mass is 10.2. The van der Waals surface area contributed by atoms with E-state index in [2.05, 4.69) is 5.32 Å². The molecule has 1 atom stereocenters. The minimum atomic E-state index is -0.652. The SMILES string of the molecule is COc1cccc(N2C(=O)C[C@@H](Nc3ccc(Cl)c(Cl)c3)C2=O)c1. The van der Waals surface area contributed by atoms with E-state index < -0.39 is 6.04 Å². The van der Waals surface area contributed by atoms with Crippen LogP contribution in [-0.4, -0.2) is 25.0 Å². The van der Waals surface area contributed by atoms with Crippen LogP contribution in [0, 0.1) is 0 Å². The van der Waals surface area contributed by atoms with Gasteiger partial charge in [-0.3, -0.25) is 9.59 Å². The Morgan fingerprint density at radius 3 is 2.62 bits per heavy atom. The van der Waals surface area contributed by atoms with E-state index in [1.165, 1.54) is 7.11 Å². The highest BCUT2D eigenvalue weighted by atomic mass is 35.5. The molecular formula is C17H14Cl2N2O3. The van der Waals surface area contributed by atoms with Crippen LogP contribution < -0.4 is 15.0 Å². The largest absolute Gasteiger partial charge is 0.497 e.